The predicted octanol–water partition coefficient (Wildman–Crippen LogP) is 6.48. The van der Waals surface area contributed by atoms with Crippen LogP contribution < -0.4 is 16.2 Å². The number of carboxylic acids is 1. The lowest BCUT2D eigenvalue weighted by atomic mass is 9.92. The third-order valence-corrected chi connectivity index (χ3v) is 6.59. The van der Waals surface area contributed by atoms with Gasteiger partial charge in [-0.15, -0.1) is 0 Å². The topological polar surface area (TPSA) is 100 Å². The van der Waals surface area contributed by atoms with Crippen LogP contribution in [0.5, 0.6) is 0 Å². The summed E-state index contributed by atoms with van der Waals surface area (Å²) < 4.78 is 1.65. The SMILES string of the molecule is CCC(CC(=O)O)c1ccc(Cn2cccc(-c3ccc(NC(=O)Nc4ccccc4C)cc3)c2=O)cc1. The number of anilines is 2. The fourth-order valence-corrected chi connectivity index (χ4v) is 4.41. The molecule has 0 radical (unpaired) electrons. The second kappa shape index (κ2) is 12.1. The number of pyridine rings is 1. The molecule has 3 N–H and O–H groups in total. The van der Waals surface area contributed by atoms with Gasteiger partial charge in [0, 0.05) is 23.1 Å². The van der Waals surface area contributed by atoms with E-state index in [4.69, 9.17) is 5.11 Å². The van der Waals surface area contributed by atoms with E-state index >= 15 is 0 Å². The molecule has 1 heterocycles. The number of carbonyl (C=O) groups excluding carboxylic acids is 1. The van der Waals surface area contributed by atoms with E-state index in [0.29, 0.717) is 17.8 Å². The lowest BCUT2D eigenvalue weighted by molar-refractivity contribution is -0.137. The van der Waals surface area contributed by atoms with Crippen LogP contribution in [0.25, 0.3) is 11.1 Å². The summed E-state index contributed by atoms with van der Waals surface area (Å²) in [4.78, 5) is 36.7. The maximum absolute atomic E-state index is 13.2. The van der Waals surface area contributed by atoms with Crippen LogP contribution in [-0.2, 0) is 11.3 Å². The maximum Gasteiger partial charge on any atom is 0.323 e. The molecule has 7 heteroatoms. The molecule has 2 amide bonds. The number of aromatic nitrogens is 1. The van der Waals surface area contributed by atoms with Crippen LogP contribution in [0.15, 0.2) is 95.9 Å². The molecule has 0 spiro atoms. The van der Waals surface area contributed by atoms with Gasteiger partial charge in [-0.2, -0.15) is 0 Å². The van der Waals surface area contributed by atoms with E-state index in [1.165, 1.54) is 0 Å². The molecule has 194 valence electrons. The number of hydrogen-bond donors (Lipinski definition) is 3. The van der Waals surface area contributed by atoms with Crippen molar-refractivity contribution in [3.05, 3.63) is 118 Å². The first kappa shape index (κ1) is 26.4. The van der Waals surface area contributed by atoms with E-state index in [-0.39, 0.29) is 23.9 Å². The van der Waals surface area contributed by atoms with Crippen molar-refractivity contribution >= 4 is 23.4 Å². The van der Waals surface area contributed by atoms with Crippen LogP contribution in [0, 0.1) is 6.92 Å². The quantitative estimate of drug-likeness (QED) is 0.240. The Morgan fingerprint density at radius 1 is 0.895 bits per heavy atom. The fourth-order valence-electron chi connectivity index (χ4n) is 4.41. The number of rotatable bonds is 9. The largest absolute Gasteiger partial charge is 0.481 e. The normalized spacial score (nSPS) is 11.5. The van der Waals surface area contributed by atoms with Crippen LogP contribution in [-0.4, -0.2) is 21.7 Å². The van der Waals surface area contributed by atoms with E-state index in [0.717, 1.165) is 34.4 Å². The molecule has 3 aromatic carbocycles. The van der Waals surface area contributed by atoms with Gasteiger partial charge in [0.1, 0.15) is 0 Å². The first-order valence-corrected chi connectivity index (χ1v) is 12.6. The molecule has 0 saturated carbocycles. The molecule has 7 nitrogen and oxygen atoms in total. The number of urea groups is 1. The Labute approximate surface area is 221 Å². The Bertz CT molecular complexity index is 1470. The van der Waals surface area contributed by atoms with Gasteiger partial charge in [-0.05, 0) is 71.8 Å². The van der Waals surface area contributed by atoms with Crippen molar-refractivity contribution in [2.24, 2.45) is 0 Å². The second-order valence-electron chi connectivity index (χ2n) is 9.27. The fraction of sp³-hybridized carbons (Fsp3) is 0.194. The lowest BCUT2D eigenvalue weighted by Gasteiger charge is -2.14. The van der Waals surface area contributed by atoms with Crippen molar-refractivity contribution in [3.63, 3.8) is 0 Å². The van der Waals surface area contributed by atoms with Crippen molar-refractivity contribution in [1.29, 1.82) is 0 Å². The van der Waals surface area contributed by atoms with E-state index in [9.17, 15) is 14.4 Å². The highest BCUT2D eigenvalue weighted by Crippen LogP contribution is 2.24. The van der Waals surface area contributed by atoms with Gasteiger partial charge in [0.25, 0.3) is 5.56 Å². The minimum atomic E-state index is -0.807. The van der Waals surface area contributed by atoms with Crippen LogP contribution in [0.3, 0.4) is 0 Å². The molecule has 1 atom stereocenters. The molecule has 1 unspecified atom stereocenters. The Kier molecular flexibility index (Phi) is 8.38. The molecule has 0 saturated heterocycles. The van der Waals surface area contributed by atoms with Gasteiger partial charge < -0.3 is 20.3 Å². The Morgan fingerprint density at radius 3 is 2.26 bits per heavy atom. The number of amides is 2. The minimum Gasteiger partial charge on any atom is -0.481 e. The molecule has 0 fully saturated rings. The molecular formula is C31H31N3O4. The summed E-state index contributed by atoms with van der Waals surface area (Å²) in [5.41, 5.74) is 5.47. The van der Waals surface area contributed by atoms with Crippen LogP contribution in [0.2, 0.25) is 0 Å². The van der Waals surface area contributed by atoms with Crippen molar-refractivity contribution < 1.29 is 14.7 Å². The van der Waals surface area contributed by atoms with Crippen molar-refractivity contribution in [3.8, 4) is 11.1 Å². The average molecular weight is 510 g/mol. The van der Waals surface area contributed by atoms with E-state index in [1.54, 1.807) is 29.0 Å². The van der Waals surface area contributed by atoms with Crippen LogP contribution >= 0.6 is 0 Å². The van der Waals surface area contributed by atoms with Gasteiger partial charge in [0.15, 0.2) is 0 Å². The lowest BCUT2D eigenvalue weighted by Crippen LogP contribution is -2.21. The molecule has 0 bridgehead atoms. The Hall–Kier alpha value is -4.65. The van der Waals surface area contributed by atoms with Crippen LogP contribution in [0.4, 0.5) is 16.2 Å². The van der Waals surface area contributed by atoms with Gasteiger partial charge in [-0.1, -0.05) is 61.5 Å². The number of nitrogens with zero attached hydrogens (tertiary/aromatic N) is 1. The van der Waals surface area contributed by atoms with Gasteiger partial charge in [-0.25, -0.2) is 4.79 Å². The number of aliphatic carboxylic acids is 1. The number of benzene rings is 3. The van der Waals surface area contributed by atoms with Crippen molar-refractivity contribution in [2.45, 2.75) is 39.2 Å². The molecule has 1 aromatic heterocycles. The molecule has 38 heavy (non-hydrogen) atoms. The molecule has 4 rings (SSSR count). The summed E-state index contributed by atoms with van der Waals surface area (Å²) in [6, 6.07) is 25.8. The van der Waals surface area contributed by atoms with Crippen molar-refractivity contribution in [2.75, 3.05) is 10.6 Å². The van der Waals surface area contributed by atoms with Gasteiger partial charge in [0.05, 0.1) is 13.0 Å². The number of nitrogens with one attached hydrogen (secondary N) is 2. The van der Waals surface area contributed by atoms with Crippen LogP contribution in [0.1, 0.15) is 42.4 Å². The zero-order valence-electron chi connectivity index (χ0n) is 21.5. The molecule has 0 aliphatic carbocycles. The van der Waals surface area contributed by atoms with Gasteiger partial charge in [0.2, 0.25) is 0 Å². The number of carbonyl (C=O) groups is 2. The number of hydrogen-bond acceptors (Lipinski definition) is 3. The number of para-hydroxylation sites is 1. The van der Waals surface area contributed by atoms with E-state index in [1.807, 2.05) is 80.6 Å². The highest BCUT2D eigenvalue weighted by molar-refractivity contribution is 6.00. The molecular weight excluding hydrogens is 478 g/mol. The Balaban J connectivity index is 1.44. The molecule has 0 aliphatic heterocycles. The zero-order valence-corrected chi connectivity index (χ0v) is 21.5. The summed E-state index contributed by atoms with van der Waals surface area (Å²) in [5.74, 6) is -0.836. The van der Waals surface area contributed by atoms with Gasteiger partial charge in [-0.3, -0.25) is 9.59 Å². The van der Waals surface area contributed by atoms with E-state index < -0.39 is 5.97 Å². The minimum absolute atomic E-state index is 0.0291. The zero-order chi connectivity index (χ0) is 27.1. The summed E-state index contributed by atoms with van der Waals surface area (Å²) in [5, 5.41) is 14.8. The summed E-state index contributed by atoms with van der Waals surface area (Å²) >= 11 is 0. The maximum atomic E-state index is 13.2. The highest BCUT2D eigenvalue weighted by atomic mass is 16.4. The summed E-state index contributed by atoms with van der Waals surface area (Å²) in [7, 11) is 0. The first-order chi connectivity index (χ1) is 18.3. The molecule has 4 aromatic rings. The van der Waals surface area contributed by atoms with Gasteiger partial charge >= 0.3 is 12.0 Å². The average Bonchev–Trinajstić information content (AvgIpc) is 2.91. The predicted molar refractivity (Wildman–Crippen MR) is 151 cm³/mol. The standard InChI is InChI=1S/C31H31N3O4/c1-3-23(19-29(35)36)24-12-10-22(11-13-24)20-34-18-6-8-27(30(34)37)25-14-16-26(17-15-25)32-31(38)33-28-9-5-4-7-21(28)2/h4-18,23H,3,19-20H2,1-2H3,(H,35,36)(H2,32,33,38). The third kappa shape index (κ3) is 6.56. The molecule has 0 aliphatic rings. The third-order valence-electron chi connectivity index (χ3n) is 6.59. The highest BCUT2D eigenvalue weighted by Gasteiger charge is 2.14. The first-order valence-electron chi connectivity index (χ1n) is 12.6. The monoisotopic (exact) mass is 509 g/mol. The summed E-state index contributed by atoms with van der Waals surface area (Å²) in [6.07, 6.45) is 2.60. The Morgan fingerprint density at radius 2 is 1.61 bits per heavy atom. The number of aryl methyl sites for hydroxylation is 1. The number of carboxylic acid groups (broad SMARTS) is 1. The van der Waals surface area contributed by atoms with Crippen molar-refractivity contribution in [1.82, 2.24) is 4.57 Å². The smallest absolute Gasteiger partial charge is 0.323 e. The van der Waals surface area contributed by atoms with E-state index in [2.05, 4.69) is 10.6 Å². The second-order valence-corrected chi connectivity index (χ2v) is 9.27. The summed E-state index contributed by atoms with van der Waals surface area (Å²) in [6.45, 7) is 4.31.